The summed E-state index contributed by atoms with van der Waals surface area (Å²) < 4.78 is 5.38. The van der Waals surface area contributed by atoms with E-state index < -0.39 is 0 Å². The van der Waals surface area contributed by atoms with Gasteiger partial charge < -0.3 is 9.84 Å². The Labute approximate surface area is 70.3 Å². The minimum absolute atomic E-state index is 0.0299. The second-order valence-electron chi connectivity index (χ2n) is 2.58. The molecule has 1 heterocycles. The molecule has 0 spiro atoms. The molecule has 0 radical (unpaired) electrons. The average molecular weight is 163 g/mol. The minimum atomic E-state index is -0.292. The van der Waals surface area contributed by atoms with E-state index in [1.807, 2.05) is 24.3 Å². The summed E-state index contributed by atoms with van der Waals surface area (Å²) in [4.78, 5) is 4.14. The summed E-state index contributed by atoms with van der Waals surface area (Å²) in [6, 6.07) is 7.50. The van der Waals surface area contributed by atoms with Gasteiger partial charge in [0.15, 0.2) is 6.10 Å². The molecule has 0 saturated carbocycles. The van der Waals surface area contributed by atoms with Crippen LogP contribution in [0.4, 0.5) is 5.69 Å². The van der Waals surface area contributed by atoms with Gasteiger partial charge in [0, 0.05) is 6.21 Å². The van der Waals surface area contributed by atoms with Crippen molar-refractivity contribution in [1.29, 1.82) is 0 Å². The van der Waals surface area contributed by atoms with Gasteiger partial charge in [0.05, 0.1) is 6.61 Å². The molecule has 12 heavy (non-hydrogen) atoms. The van der Waals surface area contributed by atoms with Crippen molar-refractivity contribution in [2.45, 2.75) is 6.10 Å². The van der Waals surface area contributed by atoms with E-state index in [0.29, 0.717) is 0 Å². The first-order chi connectivity index (χ1) is 5.90. The Balaban J connectivity index is 2.33. The molecule has 0 aromatic heterocycles. The molecule has 1 aromatic carbocycles. The van der Waals surface area contributed by atoms with Gasteiger partial charge in [-0.1, -0.05) is 12.1 Å². The summed E-state index contributed by atoms with van der Waals surface area (Å²) >= 11 is 0. The molecule has 3 heteroatoms. The molecule has 1 aromatic rings. The van der Waals surface area contributed by atoms with E-state index in [0.717, 1.165) is 11.4 Å². The van der Waals surface area contributed by atoms with Crippen molar-refractivity contribution in [1.82, 2.24) is 0 Å². The topological polar surface area (TPSA) is 41.8 Å². The number of fused-ring (bicyclic) bond motifs is 1. The first-order valence-electron chi connectivity index (χ1n) is 3.81. The fourth-order valence-electron chi connectivity index (χ4n) is 1.10. The number of aliphatic hydroxyl groups is 1. The maximum absolute atomic E-state index is 8.80. The van der Waals surface area contributed by atoms with E-state index in [9.17, 15) is 0 Å². The van der Waals surface area contributed by atoms with Crippen LogP contribution in [0.3, 0.4) is 0 Å². The van der Waals surface area contributed by atoms with Crippen molar-refractivity contribution in [3.8, 4) is 5.75 Å². The lowest BCUT2D eigenvalue weighted by Gasteiger charge is -2.18. The number of aliphatic hydroxyl groups excluding tert-OH is 1. The summed E-state index contributed by atoms with van der Waals surface area (Å²) in [6.45, 7) is -0.0299. The summed E-state index contributed by atoms with van der Waals surface area (Å²) in [5, 5.41) is 8.80. The molecule has 3 nitrogen and oxygen atoms in total. The molecule has 2 rings (SSSR count). The standard InChI is InChI=1S/C9H9NO2/c11-6-7-5-10-8-3-1-2-4-9(8)12-7/h1-5,7,11H,6H2. The van der Waals surface area contributed by atoms with Gasteiger partial charge in [0.2, 0.25) is 0 Å². The number of benzene rings is 1. The highest BCUT2D eigenvalue weighted by Gasteiger charge is 2.13. The summed E-state index contributed by atoms with van der Waals surface area (Å²) in [5.74, 6) is 0.735. The Kier molecular flexibility index (Phi) is 1.80. The van der Waals surface area contributed by atoms with E-state index >= 15 is 0 Å². The molecule has 62 valence electrons. The third-order valence-electron chi connectivity index (χ3n) is 1.70. The SMILES string of the molecule is OCC1C=Nc2ccccc2O1. The van der Waals surface area contributed by atoms with Crippen LogP contribution in [-0.4, -0.2) is 24.0 Å². The molecular weight excluding hydrogens is 154 g/mol. The van der Waals surface area contributed by atoms with Gasteiger partial charge in [0.1, 0.15) is 11.4 Å². The van der Waals surface area contributed by atoms with Crippen LogP contribution in [0.2, 0.25) is 0 Å². The summed E-state index contributed by atoms with van der Waals surface area (Å²) in [7, 11) is 0. The molecule has 0 amide bonds. The summed E-state index contributed by atoms with van der Waals surface area (Å²) in [5.41, 5.74) is 0.821. The Hall–Kier alpha value is -1.35. The van der Waals surface area contributed by atoms with Crippen molar-refractivity contribution in [3.05, 3.63) is 24.3 Å². The number of ether oxygens (including phenoxy) is 1. The van der Waals surface area contributed by atoms with Crippen LogP contribution < -0.4 is 4.74 Å². The second kappa shape index (κ2) is 2.95. The zero-order valence-corrected chi connectivity index (χ0v) is 6.47. The Morgan fingerprint density at radius 1 is 1.42 bits per heavy atom. The fraction of sp³-hybridized carbons (Fsp3) is 0.222. The van der Waals surface area contributed by atoms with Gasteiger partial charge in [-0.05, 0) is 12.1 Å². The van der Waals surface area contributed by atoms with E-state index in [1.165, 1.54) is 0 Å². The lowest BCUT2D eigenvalue weighted by Crippen LogP contribution is -2.24. The van der Waals surface area contributed by atoms with Crippen LogP contribution in [0, 0.1) is 0 Å². The van der Waals surface area contributed by atoms with E-state index in [2.05, 4.69) is 4.99 Å². The van der Waals surface area contributed by atoms with E-state index in [1.54, 1.807) is 6.21 Å². The lowest BCUT2D eigenvalue weighted by atomic mass is 10.2. The van der Waals surface area contributed by atoms with Crippen LogP contribution in [0.25, 0.3) is 0 Å². The number of hydrogen-bond donors (Lipinski definition) is 1. The second-order valence-corrected chi connectivity index (χ2v) is 2.58. The van der Waals surface area contributed by atoms with Crippen molar-refractivity contribution < 1.29 is 9.84 Å². The van der Waals surface area contributed by atoms with Gasteiger partial charge in [-0.2, -0.15) is 0 Å². The number of para-hydroxylation sites is 2. The van der Waals surface area contributed by atoms with Gasteiger partial charge in [-0.25, -0.2) is 0 Å². The number of aliphatic imine (C=N–C) groups is 1. The number of nitrogens with zero attached hydrogens (tertiary/aromatic N) is 1. The quantitative estimate of drug-likeness (QED) is 0.674. The monoisotopic (exact) mass is 163 g/mol. The first-order valence-corrected chi connectivity index (χ1v) is 3.81. The van der Waals surface area contributed by atoms with Crippen LogP contribution in [0.5, 0.6) is 5.75 Å². The molecule has 0 fully saturated rings. The van der Waals surface area contributed by atoms with Crippen molar-refractivity contribution in [3.63, 3.8) is 0 Å². The van der Waals surface area contributed by atoms with E-state index in [-0.39, 0.29) is 12.7 Å². The molecule has 1 atom stereocenters. The largest absolute Gasteiger partial charge is 0.480 e. The highest BCUT2D eigenvalue weighted by Crippen LogP contribution is 2.29. The number of hydrogen-bond acceptors (Lipinski definition) is 3. The van der Waals surface area contributed by atoms with Crippen molar-refractivity contribution >= 4 is 11.9 Å². The molecule has 1 N–H and O–H groups in total. The van der Waals surface area contributed by atoms with Crippen LogP contribution in [0.1, 0.15) is 0 Å². The third-order valence-corrected chi connectivity index (χ3v) is 1.70. The van der Waals surface area contributed by atoms with Crippen LogP contribution >= 0.6 is 0 Å². The molecule has 1 unspecified atom stereocenters. The van der Waals surface area contributed by atoms with Gasteiger partial charge >= 0.3 is 0 Å². The minimum Gasteiger partial charge on any atom is -0.480 e. The first kappa shape index (κ1) is 7.31. The lowest BCUT2D eigenvalue weighted by molar-refractivity contribution is 0.164. The van der Waals surface area contributed by atoms with Crippen molar-refractivity contribution in [2.75, 3.05) is 6.61 Å². The Morgan fingerprint density at radius 2 is 2.25 bits per heavy atom. The van der Waals surface area contributed by atoms with Gasteiger partial charge in [-0.15, -0.1) is 0 Å². The predicted molar refractivity (Wildman–Crippen MR) is 46.1 cm³/mol. The highest BCUT2D eigenvalue weighted by molar-refractivity contribution is 5.73. The fourth-order valence-corrected chi connectivity index (χ4v) is 1.10. The maximum Gasteiger partial charge on any atom is 0.157 e. The smallest absolute Gasteiger partial charge is 0.157 e. The van der Waals surface area contributed by atoms with E-state index in [4.69, 9.17) is 9.84 Å². The molecule has 0 aliphatic carbocycles. The number of rotatable bonds is 1. The van der Waals surface area contributed by atoms with Crippen molar-refractivity contribution in [2.24, 2.45) is 4.99 Å². The van der Waals surface area contributed by atoms with Gasteiger partial charge in [-0.3, -0.25) is 4.99 Å². The average Bonchev–Trinajstić information content (AvgIpc) is 2.17. The van der Waals surface area contributed by atoms with Gasteiger partial charge in [0.25, 0.3) is 0 Å². The predicted octanol–water partition coefficient (Wildman–Crippen LogP) is 1.14. The van der Waals surface area contributed by atoms with Crippen LogP contribution in [-0.2, 0) is 0 Å². The highest BCUT2D eigenvalue weighted by atomic mass is 16.5. The normalized spacial score (nSPS) is 19.9. The van der Waals surface area contributed by atoms with Crippen LogP contribution in [0.15, 0.2) is 29.3 Å². The molecular formula is C9H9NO2. The zero-order valence-electron chi connectivity index (χ0n) is 6.47. The Morgan fingerprint density at radius 3 is 3.08 bits per heavy atom. The molecule has 0 bridgehead atoms. The summed E-state index contributed by atoms with van der Waals surface area (Å²) in [6.07, 6.45) is 1.32. The zero-order chi connectivity index (χ0) is 8.39. The molecule has 1 aliphatic rings. The molecule has 1 aliphatic heterocycles. The Bertz CT molecular complexity index is 309. The maximum atomic E-state index is 8.80. The third kappa shape index (κ3) is 1.19. The molecule has 0 saturated heterocycles.